The van der Waals surface area contributed by atoms with Gasteiger partial charge >= 0.3 is 0 Å². The van der Waals surface area contributed by atoms with E-state index in [1.54, 1.807) is 34.9 Å². The van der Waals surface area contributed by atoms with Crippen LogP contribution < -0.4 is 16.4 Å². The standard InChI is InChI=1S/C27H26N4O3S/c1-17(2)20-8-5-7-11-23(20)31-26(34)21-9-4-6-10-22(21)28-27(31)35-16-24(32)29-30-25(33)19-14-12-18(3)13-15-19/h4-15,17H,16H2,1-3H3,(H,29,32)(H,30,33). The number of amides is 2. The molecule has 0 aliphatic carbocycles. The van der Waals surface area contributed by atoms with E-state index in [0.29, 0.717) is 21.6 Å². The molecule has 4 aromatic rings. The summed E-state index contributed by atoms with van der Waals surface area (Å²) in [6, 6.07) is 21.9. The van der Waals surface area contributed by atoms with Gasteiger partial charge < -0.3 is 0 Å². The maximum Gasteiger partial charge on any atom is 0.269 e. The Morgan fingerprint density at radius 1 is 0.943 bits per heavy atom. The molecule has 2 N–H and O–H groups in total. The van der Waals surface area contributed by atoms with E-state index in [2.05, 4.69) is 24.7 Å². The number of thioether (sulfide) groups is 1. The first kappa shape index (κ1) is 24.2. The van der Waals surface area contributed by atoms with Gasteiger partial charge in [-0.25, -0.2) is 4.98 Å². The molecule has 0 fully saturated rings. The van der Waals surface area contributed by atoms with Gasteiger partial charge in [0.05, 0.1) is 22.3 Å². The summed E-state index contributed by atoms with van der Waals surface area (Å²) in [5.41, 5.74) is 8.44. The van der Waals surface area contributed by atoms with Gasteiger partial charge in [-0.2, -0.15) is 0 Å². The van der Waals surface area contributed by atoms with Gasteiger partial charge in [-0.3, -0.25) is 29.8 Å². The van der Waals surface area contributed by atoms with Crippen LogP contribution in [-0.2, 0) is 4.79 Å². The SMILES string of the molecule is Cc1ccc(C(=O)NNC(=O)CSc2nc3ccccc3c(=O)n2-c2ccccc2C(C)C)cc1. The van der Waals surface area contributed by atoms with E-state index in [0.717, 1.165) is 28.6 Å². The molecule has 0 atom stereocenters. The van der Waals surface area contributed by atoms with Gasteiger partial charge in [-0.1, -0.05) is 73.6 Å². The van der Waals surface area contributed by atoms with Crippen LogP contribution in [-0.4, -0.2) is 27.1 Å². The molecule has 0 radical (unpaired) electrons. The summed E-state index contributed by atoms with van der Waals surface area (Å²) in [6.45, 7) is 6.06. The highest BCUT2D eigenvalue weighted by molar-refractivity contribution is 7.99. The third kappa shape index (κ3) is 5.44. The predicted octanol–water partition coefficient (Wildman–Crippen LogP) is 4.37. The van der Waals surface area contributed by atoms with Gasteiger partial charge in [0, 0.05) is 5.56 Å². The molecule has 0 unspecified atom stereocenters. The Morgan fingerprint density at radius 3 is 2.37 bits per heavy atom. The van der Waals surface area contributed by atoms with Crippen LogP contribution in [0.25, 0.3) is 16.6 Å². The molecule has 3 aromatic carbocycles. The van der Waals surface area contributed by atoms with Crippen LogP contribution in [0.2, 0.25) is 0 Å². The molecule has 0 spiro atoms. The number of nitrogens with one attached hydrogen (secondary N) is 2. The van der Waals surface area contributed by atoms with Crippen molar-refractivity contribution in [3.05, 3.63) is 99.8 Å². The monoisotopic (exact) mass is 486 g/mol. The Balaban J connectivity index is 1.59. The minimum atomic E-state index is -0.415. The van der Waals surface area contributed by atoms with E-state index in [9.17, 15) is 14.4 Å². The number of benzene rings is 3. The van der Waals surface area contributed by atoms with Crippen molar-refractivity contribution in [2.24, 2.45) is 0 Å². The molecule has 0 aliphatic rings. The fourth-order valence-electron chi connectivity index (χ4n) is 3.67. The van der Waals surface area contributed by atoms with Crippen LogP contribution >= 0.6 is 11.8 Å². The second kappa shape index (κ2) is 10.6. The van der Waals surface area contributed by atoms with Gasteiger partial charge in [0.25, 0.3) is 11.5 Å². The number of hydrogen-bond acceptors (Lipinski definition) is 5. The highest BCUT2D eigenvalue weighted by Crippen LogP contribution is 2.27. The number of carbonyl (C=O) groups excluding carboxylic acids is 2. The fourth-order valence-corrected chi connectivity index (χ4v) is 4.48. The molecule has 178 valence electrons. The molecule has 7 nitrogen and oxygen atoms in total. The predicted molar refractivity (Wildman–Crippen MR) is 139 cm³/mol. The van der Waals surface area contributed by atoms with E-state index >= 15 is 0 Å². The van der Waals surface area contributed by atoms with Crippen molar-refractivity contribution in [2.75, 3.05) is 5.75 Å². The second-order valence-electron chi connectivity index (χ2n) is 8.42. The first-order valence-electron chi connectivity index (χ1n) is 11.2. The average Bonchev–Trinajstić information content (AvgIpc) is 2.86. The molecule has 1 heterocycles. The summed E-state index contributed by atoms with van der Waals surface area (Å²) in [7, 11) is 0. The summed E-state index contributed by atoms with van der Waals surface area (Å²) in [5, 5.41) is 0.909. The summed E-state index contributed by atoms with van der Waals surface area (Å²) >= 11 is 1.14. The maximum absolute atomic E-state index is 13.5. The van der Waals surface area contributed by atoms with Crippen LogP contribution in [0.15, 0.2) is 82.7 Å². The minimum absolute atomic E-state index is 0.0389. The van der Waals surface area contributed by atoms with Crippen molar-refractivity contribution in [3.8, 4) is 5.69 Å². The zero-order valence-electron chi connectivity index (χ0n) is 19.7. The van der Waals surface area contributed by atoms with Crippen molar-refractivity contribution < 1.29 is 9.59 Å². The number of hydrazine groups is 1. The molecule has 0 bridgehead atoms. The van der Waals surface area contributed by atoms with E-state index in [4.69, 9.17) is 4.98 Å². The smallest absolute Gasteiger partial charge is 0.269 e. The molecule has 4 rings (SSSR count). The highest BCUT2D eigenvalue weighted by atomic mass is 32.2. The number of hydrogen-bond donors (Lipinski definition) is 2. The lowest BCUT2D eigenvalue weighted by Gasteiger charge is -2.18. The first-order valence-corrected chi connectivity index (χ1v) is 12.2. The number of aromatic nitrogens is 2. The number of rotatable bonds is 6. The summed E-state index contributed by atoms with van der Waals surface area (Å²) in [5.74, 6) is -0.678. The topological polar surface area (TPSA) is 93.1 Å². The third-order valence-electron chi connectivity index (χ3n) is 5.51. The molecule has 0 saturated carbocycles. The van der Waals surface area contributed by atoms with Gasteiger partial charge in [0.1, 0.15) is 0 Å². The Hall–Kier alpha value is -3.91. The minimum Gasteiger partial charge on any atom is -0.272 e. The Kier molecular flexibility index (Phi) is 7.31. The summed E-state index contributed by atoms with van der Waals surface area (Å²) in [4.78, 5) is 43.0. The average molecular weight is 487 g/mol. The number of fused-ring (bicyclic) bond motifs is 1. The number of para-hydroxylation sites is 2. The molecular formula is C27H26N4O3S. The molecule has 0 saturated heterocycles. The van der Waals surface area contributed by atoms with Crippen molar-refractivity contribution in [3.63, 3.8) is 0 Å². The van der Waals surface area contributed by atoms with Crippen LogP contribution in [0.1, 0.15) is 41.3 Å². The van der Waals surface area contributed by atoms with Crippen LogP contribution in [0.4, 0.5) is 0 Å². The second-order valence-corrected chi connectivity index (χ2v) is 9.37. The van der Waals surface area contributed by atoms with Gasteiger partial charge in [-0.05, 0) is 48.7 Å². The lowest BCUT2D eigenvalue weighted by atomic mass is 10.0. The van der Waals surface area contributed by atoms with Crippen molar-refractivity contribution >= 4 is 34.5 Å². The quantitative estimate of drug-likeness (QED) is 0.240. The normalized spacial score (nSPS) is 11.0. The van der Waals surface area contributed by atoms with E-state index in [-0.39, 0.29) is 17.2 Å². The van der Waals surface area contributed by atoms with E-state index < -0.39 is 11.8 Å². The van der Waals surface area contributed by atoms with Crippen molar-refractivity contribution in [2.45, 2.75) is 31.8 Å². The van der Waals surface area contributed by atoms with Gasteiger partial charge in [0.2, 0.25) is 5.91 Å². The van der Waals surface area contributed by atoms with Crippen molar-refractivity contribution in [1.82, 2.24) is 20.4 Å². The maximum atomic E-state index is 13.5. The van der Waals surface area contributed by atoms with Crippen LogP contribution in [0.5, 0.6) is 0 Å². The third-order valence-corrected chi connectivity index (χ3v) is 6.44. The van der Waals surface area contributed by atoms with Crippen LogP contribution in [0.3, 0.4) is 0 Å². The number of aryl methyl sites for hydroxylation is 1. The highest BCUT2D eigenvalue weighted by Gasteiger charge is 2.18. The van der Waals surface area contributed by atoms with Gasteiger partial charge in [0.15, 0.2) is 5.16 Å². The summed E-state index contributed by atoms with van der Waals surface area (Å²) < 4.78 is 1.57. The zero-order chi connectivity index (χ0) is 24.9. The fraction of sp³-hybridized carbons (Fsp3) is 0.185. The number of carbonyl (C=O) groups is 2. The largest absolute Gasteiger partial charge is 0.272 e. The Bertz CT molecular complexity index is 1450. The lowest BCUT2D eigenvalue weighted by Crippen LogP contribution is -2.42. The van der Waals surface area contributed by atoms with Crippen LogP contribution in [0, 0.1) is 6.92 Å². The molecule has 2 amide bonds. The Labute approximate surface area is 207 Å². The molecule has 35 heavy (non-hydrogen) atoms. The number of nitrogens with zero attached hydrogens (tertiary/aromatic N) is 2. The van der Waals surface area contributed by atoms with Gasteiger partial charge in [-0.15, -0.1) is 0 Å². The van der Waals surface area contributed by atoms with E-state index in [1.807, 2.05) is 49.4 Å². The molecule has 1 aromatic heterocycles. The van der Waals surface area contributed by atoms with Crippen molar-refractivity contribution in [1.29, 1.82) is 0 Å². The van der Waals surface area contributed by atoms with E-state index in [1.165, 1.54) is 0 Å². The molecule has 8 heteroatoms. The summed E-state index contributed by atoms with van der Waals surface area (Å²) in [6.07, 6.45) is 0. The molecule has 0 aliphatic heterocycles. The first-order chi connectivity index (χ1) is 16.8. The zero-order valence-corrected chi connectivity index (χ0v) is 20.6. The lowest BCUT2D eigenvalue weighted by molar-refractivity contribution is -0.119. The Morgan fingerprint density at radius 2 is 1.63 bits per heavy atom. The molecular weight excluding hydrogens is 460 g/mol.